The third kappa shape index (κ3) is 3.78. The normalized spacial score (nSPS) is 19.3. The van der Waals surface area contributed by atoms with Gasteiger partial charge in [-0.3, -0.25) is 9.59 Å². The standard InChI is InChI=1S/C22H27N3O2S/c1-23(2)22(27)20-15-17-14-16(8-9-19(17)28-20)21(26)25-12-10-24(11-13-25)18-6-4-3-5-7-18/h3-7,15-16H,8-14H2,1-2H3/t16-/m1/s1. The van der Waals surface area contributed by atoms with Crippen molar-refractivity contribution in [2.24, 2.45) is 5.92 Å². The maximum atomic E-state index is 13.1. The van der Waals surface area contributed by atoms with Crippen LogP contribution in [0.3, 0.4) is 0 Å². The van der Waals surface area contributed by atoms with E-state index in [1.165, 1.54) is 16.1 Å². The third-order valence-corrected chi connectivity index (χ3v) is 6.99. The summed E-state index contributed by atoms with van der Waals surface area (Å²) in [6, 6.07) is 12.4. The van der Waals surface area contributed by atoms with Crippen LogP contribution in [0.15, 0.2) is 36.4 Å². The molecule has 4 rings (SSSR count). The Labute approximate surface area is 170 Å². The van der Waals surface area contributed by atoms with Gasteiger partial charge in [-0.2, -0.15) is 0 Å². The van der Waals surface area contributed by atoms with Crippen molar-refractivity contribution < 1.29 is 9.59 Å². The Kier molecular flexibility index (Phi) is 5.40. The second kappa shape index (κ2) is 7.95. The van der Waals surface area contributed by atoms with E-state index in [1.807, 2.05) is 17.0 Å². The molecule has 1 atom stereocenters. The van der Waals surface area contributed by atoms with E-state index in [0.717, 1.165) is 50.3 Å². The summed E-state index contributed by atoms with van der Waals surface area (Å²) < 4.78 is 0. The Hall–Kier alpha value is -2.34. The van der Waals surface area contributed by atoms with Crippen LogP contribution in [0.5, 0.6) is 0 Å². The largest absolute Gasteiger partial charge is 0.368 e. The van der Waals surface area contributed by atoms with Gasteiger partial charge in [-0.25, -0.2) is 0 Å². The number of thiophene rings is 1. The van der Waals surface area contributed by atoms with Gasteiger partial charge in [0.15, 0.2) is 0 Å². The Morgan fingerprint density at radius 3 is 2.46 bits per heavy atom. The molecule has 0 radical (unpaired) electrons. The second-order valence-electron chi connectivity index (χ2n) is 7.85. The van der Waals surface area contributed by atoms with Crippen LogP contribution in [0.2, 0.25) is 0 Å². The van der Waals surface area contributed by atoms with Gasteiger partial charge in [0.2, 0.25) is 5.91 Å². The Balaban J connectivity index is 1.37. The van der Waals surface area contributed by atoms with Crippen molar-refractivity contribution in [3.05, 3.63) is 51.7 Å². The Morgan fingerprint density at radius 1 is 1.07 bits per heavy atom. The molecule has 2 aliphatic rings. The van der Waals surface area contributed by atoms with Crippen molar-refractivity contribution in [3.63, 3.8) is 0 Å². The molecule has 1 fully saturated rings. The predicted molar refractivity (Wildman–Crippen MR) is 113 cm³/mol. The molecule has 1 aromatic carbocycles. The Morgan fingerprint density at radius 2 is 1.79 bits per heavy atom. The molecule has 6 heteroatoms. The van der Waals surface area contributed by atoms with E-state index < -0.39 is 0 Å². The number of nitrogens with zero attached hydrogens (tertiary/aromatic N) is 3. The predicted octanol–water partition coefficient (Wildman–Crippen LogP) is 2.90. The molecule has 28 heavy (non-hydrogen) atoms. The lowest BCUT2D eigenvalue weighted by Crippen LogP contribution is -2.51. The summed E-state index contributed by atoms with van der Waals surface area (Å²) in [5.41, 5.74) is 2.43. The lowest BCUT2D eigenvalue weighted by molar-refractivity contribution is -0.136. The fourth-order valence-corrected chi connectivity index (χ4v) is 5.37. The van der Waals surface area contributed by atoms with Gasteiger partial charge in [0.05, 0.1) is 4.88 Å². The number of fused-ring (bicyclic) bond motifs is 1. The van der Waals surface area contributed by atoms with Crippen molar-refractivity contribution >= 4 is 28.8 Å². The lowest BCUT2D eigenvalue weighted by Gasteiger charge is -2.38. The lowest BCUT2D eigenvalue weighted by atomic mass is 9.87. The molecule has 0 N–H and O–H groups in total. The number of hydrogen-bond acceptors (Lipinski definition) is 4. The van der Waals surface area contributed by atoms with Crippen molar-refractivity contribution in [3.8, 4) is 0 Å². The summed E-state index contributed by atoms with van der Waals surface area (Å²) in [6.07, 6.45) is 2.56. The monoisotopic (exact) mass is 397 g/mol. The van der Waals surface area contributed by atoms with Crippen molar-refractivity contribution in [1.29, 1.82) is 0 Å². The molecule has 2 heterocycles. The summed E-state index contributed by atoms with van der Waals surface area (Å²) in [6.45, 7) is 3.33. The maximum absolute atomic E-state index is 13.1. The van der Waals surface area contributed by atoms with Crippen LogP contribution in [0.25, 0.3) is 0 Å². The highest BCUT2D eigenvalue weighted by atomic mass is 32.1. The number of rotatable bonds is 3. The molecule has 1 aliphatic carbocycles. The van der Waals surface area contributed by atoms with Crippen molar-refractivity contribution in [1.82, 2.24) is 9.80 Å². The summed E-state index contributed by atoms with van der Waals surface area (Å²) in [7, 11) is 3.56. The number of hydrogen-bond donors (Lipinski definition) is 0. The molecule has 0 bridgehead atoms. The zero-order chi connectivity index (χ0) is 19.7. The number of amides is 2. The van der Waals surface area contributed by atoms with E-state index in [0.29, 0.717) is 0 Å². The van der Waals surface area contributed by atoms with Crippen LogP contribution >= 0.6 is 11.3 Å². The highest BCUT2D eigenvalue weighted by Gasteiger charge is 2.32. The minimum Gasteiger partial charge on any atom is -0.368 e. The first-order valence-corrected chi connectivity index (χ1v) is 10.8. The molecule has 1 saturated heterocycles. The van der Waals surface area contributed by atoms with Crippen molar-refractivity contribution in [2.45, 2.75) is 19.3 Å². The average molecular weight is 398 g/mol. The zero-order valence-corrected chi connectivity index (χ0v) is 17.4. The molecular formula is C22H27N3O2S. The minimum absolute atomic E-state index is 0.0488. The molecular weight excluding hydrogens is 370 g/mol. The van der Waals surface area contributed by atoms with Crippen LogP contribution in [0.4, 0.5) is 5.69 Å². The van der Waals surface area contributed by atoms with Gasteiger partial charge in [0.25, 0.3) is 5.91 Å². The van der Waals surface area contributed by atoms with Gasteiger partial charge in [-0.1, -0.05) is 18.2 Å². The van der Waals surface area contributed by atoms with Crippen molar-refractivity contribution in [2.75, 3.05) is 45.2 Å². The number of carbonyl (C=O) groups is 2. The van der Waals surface area contributed by atoms with Crippen LogP contribution in [0.1, 0.15) is 26.5 Å². The molecule has 0 saturated carbocycles. The fourth-order valence-electron chi connectivity index (χ4n) is 4.14. The quantitative estimate of drug-likeness (QED) is 0.800. The smallest absolute Gasteiger partial charge is 0.263 e. The number of carbonyl (C=O) groups excluding carboxylic acids is 2. The van der Waals surface area contributed by atoms with Crippen LogP contribution < -0.4 is 4.90 Å². The minimum atomic E-state index is 0.0488. The van der Waals surface area contributed by atoms with Gasteiger partial charge in [0.1, 0.15) is 0 Å². The highest BCUT2D eigenvalue weighted by Crippen LogP contribution is 2.34. The van der Waals surface area contributed by atoms with E-state index in [4.69, 9.17) is 0 Å². The average Bonchev–Trinajstić information content (AvgIpc) is 3.16. The number of benzene rings is 1. The number of piperazine rings is 1. The third-order valence-electron chi connectivity index (χ3n) is 5.76. The topological polar surface area (TPSA) is 43.9 Å². The van der Waals surface area contributed by atoms with Gasteiger partial charge in [-0.15, -0.1) is 11.3 Å². The molecule has 148 valence electrons. The summed E-state index contributed by atoms with van der Waals surface area (Å²) in [5, 5.41) is 0. The van der Waals surface area contributed by atoms with E-state index in [9.17, 15) is 9.59 Å². The second-order valence-corrected chi connectivity index (χ2v) is 8.98. The van der Waals surface area contributed by atoms with Crippen LogP contribution in [0, 0.1) is 5.92 Å². The van der Waals surface area contributed by atoms with E-state index in [1.54, 1.807) is 30.3 Å². The van der Waals surface area contributed by atoms with Crippen LogP contribution in [-0.4, -0.2) is 61.9 Å². The molecule has 2 amide bonds. The fraction of sp³-hybridized carbons (Fsp3) is 0.455. The van der Waals surface area contributed by atoms with Gasteiger partial charge >= 0.3 is 0 Å². The first kappa shape index (κ1) is 19.0. The van der Waals surface area contributed by atoms with Gasteiger partial charge in [-0.05, 0) is 43.0 Å². The van der Waals surface area contributed by atoms with Crippen LogP contribution in [-0.2, 0) is 17.6 Å². The van der Waals surface area contributed by atoms with E-state index in [-0.39, 0.29) is 17.7 Å². The van der Waals surface area contributed by atoms with Gasteiger partial charge in [0, 0.05) is 56.8 Å². The van der Waals surface area contributed by atoms with Gasteiger partial charge < -0.3 is 14.7 Å². The van der Waals surface area contributed by atoms with E-state index >= 15 is 0 Å². The Bertz CT molecular complexity index is 854. The molecule has 1 aromatic heterocycles. The zero-order valence-electron chi connectivity index (χ0n) is 16.6. The summed E-state index contributed by atoms with van der Waals surface area (Å²) >= 11 is 1.60. The number of anilines is 1. The van der Waals surface area contributed by atoms with E-state index in [2.05, 4.69) is 29.2 Å². The number of para-hydroxylation sites is 1. The molecule has 0 spiro atoms. The first-order valence-electron chi connectivity index (χ1n) is 9.95. The molecule has 1 aliphatic heterocycles. The highest BCUT2D eigenvalue weighted by molar-refractivity contribution is 7.14. The maximum Gasteiger partial charge on any atom is 0.263 e. The molecule has 0 unspecified atom stereocenters. The molecule has 2 aromatic rings. The first-order chi connectivity index (χ1) is 13.5. The summed E-state index contributed by atoms with van der Waals surface area (Å²) in [4.78, 5) is 33.4. The summed E-state index contributed by atoms with van der Waals surface area (Å²) in [5.74, 6) is 0.386. The SMILES string of the molecule is CN(C)C(=O)c1cc2c(s1)CC[C@@H](C(=O)N1CCN(c3ccccc3)CC1)C2. The molecule has 5 nitrogen and oxygen atoms in total. The number of aryl methyl sites for hydroxylation is 1.